The van der Waals surface area contributed by atoms with E-state index in [1.807, 2.05) is 32.6 Å². The number of allylic oxidation sites excluding steroid dienone is 1. The summed E-state index contributed by atoms with van der Waals surface area (Å²) >= 11 is 0. The molecular formula is C47H89Cl3N4O3. The molecule has 3 saturated carbocycles. The number of hydrogen-bond acceptors (Lipinski definition) is 6. The van der Waals surface area contributed by atoms with Crippen LogP contribution < -0.4 is 16.8 Å². The van der Waals surface area contributed by atoms with Gasteiger partial charge in [-0.15, -0.1) is 37.2 Å². The number of halogens is 3. The average Bonchev–Trinajstić information content (AvgIpc) is 3.44. The van der Waals surface area contributed by atoms with Gasteiger partial charge in [-0.1, -0.05) is 66.0 Å². The number of nitrogens with zero attached hydrogens (tertiary/aromatic N) is 1. The fourth-order valence-corrected chi connectivity index (χ4v) is 11.9. The van der Waals surface area contributed by atoms with E-state index < -0.39 is 0 Å². The van der Waals surface area contributed by atoms with Crippen molar-refractivity contribution in [3.8, 4) is 0 Å². The number of carbonyl (C=O) groups excluding carboxylic acids is 2. The quantitative estimate of drug-likeness (QED) is 0.0602. The van der Waals surface area contributed by atoms with E-state index in [0.29, 0.717) is 18.5 Å². The molecule has 0 aromatic heterocycles. The van der Waals surface area contributed by atoms with E-state index in [-0.39, 0.29) is 84.5 Å². The maximum atomic E-state index is 13.4. The summed E-state index contributed by atoms with van der Waals surface area (Å²) in [5, 5.41) is 3.47. The minimum atomic E-state index is -0.349. The fraction of sp³-hybridized carbons (Fsp3) is 0.915. The molecule has 4 rings (SSSR count). The predicted molar refractivity (Wildman–Crippen MR) is 248 cm³/mol. The van der Waals surface area contributed by atoms with Crippen molar-refractivity contribution >= 4 is 49.1 Å². The first kappa shape index (κ1) is 54.4. The first-order valence-electron chi connectivity index (χ1n) is 22.7. The van der Waals surface area contributed by atoms with Gasteiger partial charge in [-0.05, 0) is 170 Å². The van der Waals surface area contributed by atoms with Crippen LogP contribution in [0, 0.1) is 52.3 Å². The molecule has 336 valence electrons. The second-order valence-electron chi connectivity index (χ2n) is 21.1. The Bertz CT molecular complexity index is 1250. The largest absolute Gasteiger partial charge is 0.462 e. The molecule has 9 atom stereocenters. The summed E-state index contributed by atoms with van der Waals surface area (Å²) in [4.78, 5) is 28.5. The Morgan fingerprint density at radius 2 is 1.56 bits per heavy atom. The van der Waals surface area contributed by atoms with Gasteiger partial charge in [0.15, 0.2) is 0 Å². The molecule has 0 bridgehead atoms. The Kier molecular flexibility index (Phi) is 22.5. The molecular weight excluding hydrogens is 775 g/mol. The third kappa shape index (κ3) is 15.1. The Balaban J connectivity index is 0.00000541. The molecule has 2 unspecified atom stereocenters. The molecule has 0 spiro atoms. The first-order chi connectivity index (χ1) is 25.3. The maximum Gasteiger partial charge on any atom is 0.306 e. The van der Waals surface area contributed by atoms with Crippen LogP contribution in [0.1, 0.15) is 178 Å². The Morgan fingerprint density at radius 1 is 0.877 bits per heavy atom. The summed E-state index contributed by atoms with van der Waals surface area (Å²) in [6.07, 6.45) is 20.2. The molecule has 3 fully saturated rings. The number of nitrogens with one attached hydrogen (secondary N) is 1. The van der Waals surface area contributed by atoms with Gasteiger partial charge in [-0.25, -0.2) is 0 Å². The molecule has 0 aromatic rings. The summed E-state index contributed by atoms with van der Waals surface area (Å²) in [5.74, 6) is 5.55. The second kappa shape index (κ2) is 23.6. The van der Waals surface area contributed by atoms with Crippen molar-refractivity contribution in [3.05, 3.63) is 11.6 Å². The van der Waals surface area contributed by atoms with E-state index in [9.17, 15) is 9.59 Å². The lowest BCUT2D eigenvalue weighted by Crippen LogP contribution is -2.51. The Labute approximate surface area is 369 Å². The molecule has 1 amide bonds. The molecule has 57 heavy (non-hydrogen) atoms. The van der Waals surface area contributed by atoms with Crippen LogP contribution in [0.4, 0.5) is 0 Å². The van der Waals surface area contributed by atoms with E-state index in [1.165, 1.54) is 51.4 Å². The van der Waals surface area contributed by atoms with E-state index in [0.717, 1.165) is 99.5 Å². The van der Waals surface area contributed by atoms with Crippen molar-refractivity contribution in [2.75, 3.05) is 26.2 Å². The molecule has 10 heteroatoms. The molecule has 0 saturated heterocycles. The van der Waals surface area contributed by atoms with Crippen molar-refractivity contribution in [1.82, 2.24) is 10.2 Å². The monoisotopic (exact) mass is 863 g/mol. The number of unbranched alkanes of at least 4 members (excludes halogenated alkanes) is 1. The highest BCUT2D eigenvalue weighted by molar-refractivity contribution is 5.86. The molecule has 0 aliphatic heterocycles. The normalized spacial score (nSPS) is 29.3. The van der Waals surface area contributed by atoms with Crippen LogP contribution >= 0.6 is 37.2 Å². The van der Waals surface area contributed by atoms with Gasteiger partial charge in [-0.2, -0.15) is 0 Å². The highest BCUT2D eigenvalue weighted by Gasteiger charge is 2.59. The second-order valence-corrected chi connectivity index (χ2v) is 21.1. The van der Waals surface area contributed by atoms with E-state index in [1.54, 1.807) is 5.57 Å². The van der Waals surface area contributed by atoms with Crippen LogP contribution in [0.25, 0.3) is 0 Å². The lowest BCUT2D eigenvalue weighted by molar-refractivity contribution is -0.153. The number of nitrogens with two attached hydrogens (primary N) is 2. The first-order valence-corrected chi connectivity index (χ1v) is 22.7. The minimum Gasteiger partial charge on any atom is -0.462 e. The van der Waals surface area contributed by atoms with E-state index in [4.69, 9.17) is 16.2 Å². The lowest BCUT2D eigenvalue weighted by Gasteiger charge is -2.58. The summed E-state index contributed by atoms with van der Waals surface area (Å²) in [7, 11) is 0. The van der Waals surface area contributed by atoms with Crippen molar-refractivity contribution < 1.29 is 14.3 Å². The van der Waals surface area contributed by atoms with Crippen molar-refractivity contribution in [1.29, 1.82) is 0 Å². The maximum absolute atomic E-state index is 13.4. The van der Waals surface area contributed by atoms with Crippen LogP contribution in [0.3, 0.4) is 0 Å². The zero-order chi connectivity index (χ0) is 39.9. The number of carbonyl (C=O) groups is 2. The Morgan fingerprint density at radius 3 is 2.19 bits per heavy atom. The van der Waals surface area contributed by atoms with Crippen LogP contribution in [0.5, 0.6) is 0 Å². The average molecular weight is 865 g/mol. The van der Waals surface area contributed by atoms with Gasteiger partial charge in [0.2, 0.25) is 5.91 Å². The highest BCUT2D eigenvalue weighted by atomic mass is 35.5. The standard InChI is InChI=1S/C47H86N4O3.3ClH/c1-11-35(33(2)3)15-14-34(4)39-18-19-40-38-17-16-36-32-37(22-24-46(36,9)41(38)23-25-47(39,40)10)54-43(53)21-20-42(52)51(31-27-45(7,8)49)30-13-12-28-50-29-26-44(5,6)48;;;/h16,33-35,37-41,50H,11-15,17-32,48-49H2,1-10H3;3*1H/t34?,35?,37-,38-,39+,40-,41-,46-,47+;;;/m0.../s1. The van der Waals surface area contributed by atoms with Gasteiger partial charge in [-0.3, -0.25) is 9.59 Å². The summed E-state index contributed by atoms with van der Waals surface area (Å²) in [6, 6.07) is 0. The summed E-state index contributed by atoms with van der Waals surface area (Å²) in [5.41, 5.74) is 14.1. The van der Waals surface area contributed by atoms with Crippen molar-refractivity contribution in [3.63, 3.8) is 0 Å². The van der Waals surface area contributed by atoms with Gasteiger partial charge in [0.25, 0.3) is 0 Å². The third-order valence-electron chi connectivity index (χ3n) is 15.5. The zero-order valence-electron chi connectivity index (χ0n) is 38.1. The molecule has 0 radical (unpaired) electrons. The van der Waals surface area contributed by atoms with Gasteiger partial charge < -0.3 is 26.4 Å². The van der Waals surface area contributed by atoms with Gasteiger partial charge in [0, 0.05) is 37.0 Å². The predicted octanol–water partition coefficient (Wildman–Crippen LogP) is 11.1. The van der Waals surface area contributed by atoms with Gasteiger partial charge >= 0.3 is 5.97 Å². The summed E-state index contributed by atoms with van der Waals surface area (Å²) in [6.45, 7) is 26.2. The Hall–Kier alpha value is -0.570. The number of fused-ring (bicyclic) bond motifs is 5. The van der Waals surface area contributed by atoms with Crippen LogP contribution in [-0.4, -0.2) is 60.1 Å². The van der Waals surface area contributed by atoms with E-state index >= 15 is 0 Å². The van der Waals surface area contributed by atoms with E-state index in [2.05, 4.69) is 52.9 Å². The van der Waals surface area contributed by atoms with Crippen LogP contribution in [0.2, 0.25) is 0 Å². The number of rotatable bonds is 21. The molecule has 0 aromatic carbocycles. The number of hydrogen-bond donors (Lipinski definition) is 3. The number of ether oxygens (including phenoxy) is 1. The number of esters is 1. The van der Waals surface area contributed by atoms with Crippen molar-refractivity contribution in [2.24, 2.45) is 63.7 Å². The molecule has 4 aliphatic carbocycles. The summed E-state index contributed by atoms with van der Waals surface area (Å²) < 4.78 is 6.13. The SMILES string of the molecule is CCC(CCC(C)[C@H]1CC[C@H]2[C@@H]3CC=C4C[C@@H](OC(=O)CCC(=O)N(CCCCNCCC(C)(C)N)CCC(C)(C)N)CC[C@]4(C)[C@H]3CC[C@]12C)C(C)C.Cl.Cl.Cl. The van der Waals surface area contributed by atoms with Crippen LogP contribution in [-0.2, 0) is 14.3 Å². The molecule has 5 N–H and O–H groups in total. The highest BCUT2D eigenvalue weighted by Crippen LogP contribution is 2.67. The number of amides is 1. The minimum absolute atomic E-state index is 0. The fourth-order valence-electron chi connectivity index (χ4n) is 11.9. The molecule has 7 nitrogen and oxygen atoms in total. The smallest absolute Gasteiger partial charge is 0.306 e. The lowest BCUT2D eigenvalue weighted by atomic mass is 9.47. The zero-order valence-corrected chi connectivity index (χ0v) is 40.5. The molecule has 0 heterocycles. The third-order valence-corrected chi connectivity index (χ3v) is 15.5. The van der Waals surface area contributed by atoms with Crippen molar-refractivity contribution in [2.45, 2.75) is 196 Å². The van der Waals surface area contributed by atoms with Gasteiger partial charge in [0.1, 0.15) is 6.10 Å². The topological polar surface area (TPSA) is 111 Å². The van der Waals surface area contributed by atoms with Gasteiger partial charge in [0.05, 0.1) is 6.42 Å². The van der Waals surface area contributed by atoms with Crippen LogP contribution in [0.15, 0.2) is 11.6 Å². The molecule has 4 aliphatic rings.